The van der Waals surface area contributed by atoms with Crippen LogP contribution in [0.3, 0.4) is 0 Å². The number of guanidine groups is 1. The molecule has 7 nitrogen and oxygen atoms in total. The molecule has 2 aliphatic heterocycles. The normalized spacial score (nSPS) is 21.8. The highest BCUT2D eigenvalue weighted by Crippen LogP contribution is 2.22. The van der Waals surface area contributed by atoms with Gasteiger partial charge in [0.15, 0.2) is 5.96 Å². The number of aromatic nitrogens is 3. The third kappa shape index (κ3) is 5.22. The fourth-order valence-corrected chi connectivity index (χ4v) is 4.10. The second-order valence-electron chi connectivity index (χ2n) is 6.03. The van der Waals surface area contributed by atoms with Crippen LogP contribution in [0.15, 0.2) is 4.99 Å². The van der Waals surface area contributed by atoms with Crippen molar-refractivity contribution in [3.63, 3.8) is 0 Å². The molecule has 3 heterocycles. The van der Waals surface area contributed by atoms with Crippen molar-refractivity contribution in [1.82, 2.24) is 30.3 Å². The molecule has 0 aliphatic carbocycles. The lowest BCUT2D eigenvalue weighted by atomic mass is 10.1. The van der Waals surface area contributed by atoms with Gasteiger partial charge in [-0.05, 0) is 19.8 Å². The molecule has 1 aromatic rings. The second kappa shape index (κ2) is 9.81. The van der Waals surface area contributed by atoms with Crippen LogP contribution in [0.25, 0.3) is 0 Å². The largest absolute Gasteiger partial charge is 0.355 e. The number of halogens is 1. The Hall–Kier alpha value is -0.550. The molecule has 1 unspecified atom stereocenters. The second-order valence-corrected chi connectivity index (χ2v) is 7.26. The maximum Gasteiger partial charge on any atom is 0.191 e. The summed E-state index contributed by atoms with van der Waals surface area (Å²) in [6.07, 6.45) is 2.19. The topological polar surface area (TPSA) is 70.4 Å². The average molecular weight is 465 g/mol. The van der Waals surface area contributed by atoms with E-state index in [0.29, 0.717) is 0 Å². The lowest BCUT2D eigenvalue weighted by Gasteiger charge is -2.27. The van der Waals surface area contributed by atoms with Gasteiger partial charge < -0.3 is 10.6 Å². The highest BCUT2D eigenvalue weighted by molar-refractivity contribution is 14.0. The first-order valence-electron chi connectivity index (χ1n) is 8.45. The van der Waals surface area contributed by atoms with Crippen LogP contribution in [0.4, 0.5) is 0 Å². The third-order valence-electron chi connectivity index (χ3n) is 4.34. The first kappa shape index (κ1) is 19.8. The zero-order chi connectivity index (χ0) is 16.1. The number of rotatable bonds is 4. The van der Waals surface area contributed by atoms with E-state index in [1.165, 1.54) is 24.6 Å². The minimum Gasteiger partial charge on any atom is -0.355 e. The first-order valence-corrected chi connectivity index (χ1v) is 9.60. The van der Waals surface area contributed by atoms with E-state index in [0.717, 1.165) is 50.1 Å². The summed E-state index contributed by atoms with van der Waals surface area (Å²) in [5.74, 6) is 5.24. The number of nitrogens with zero attached hydrogens (tertiary/aromatic N) is 5. The summed E-state index contributed by atoms with van der Waals surface area (Å²) in [5.41, 5.74) is 0. The highest BCUT2D eigenvalue weighted by Gasteiger charge is 2.24. The SMILES string of the molecule is CN=C(NCCN1CCSCC1)NC1CCCn2nc(C)nc21.I. The number of fused-ring (bicyclic) bond motifs is 1. The Labute approximate surface area is 165 Å². The number of thioether (sulfide) groups is 1. The van der Waals surface area contributed by atoms with E-state index < -0.39 is 0 Å². The molecule has 0 spiro atoms. The van der Waals surface area contributed by atoms with Crippen molar-refractivity contribution >= 4 is 41.7 Å². The Bertz CT molecular complexity index is 542. The summed E-state index contributed by atoms with van der Waals surface area (Å²) < 4.78 is 2.02. The van der Waals surface area contributed by atoms with Crippen molar-refractivity contribution in [2.24, 2.45) is 4.99 Å². The molecule has 1 fully saturated rings. The quantitative estimate of drug-likeness (QED) is 0.397. The van der Waals surface area contributed by atoms with Gasteiger partial charge in [-0.25, -0.2) is 9.67 Å². The van der Waals surface area contributed by atoms with Crippen molar-refractivity contribution in [3.8, 4) is 0 Å². The van der Waals surface area contributed by atoms with Gasteiger partial charge in [0.1, 0.15) is 11.6 Å². The average Bonchev–Trinajstić information content (AvgIpc) is 2.96. The van der Waals surface area contributed by atoms with E-state index in [1.807, 2.05) is 30.4 Å². The Morgan fingerprint density at radius 2 is 2.12 bits per heavy atom. The molecule has 136 valence electrons. The maximum atomic E-state index is 4.57. The molecular formula is C15H28IN7S. The summed E-state index contributed by atoms with van der Waals surface area (Å²) in [7, 11) is 1.83. The minimum atomic E-state index is 0. The number of aryl methyl sites for hydroxylation is 2. The summed E-state index contributed by atoms with van der Waals surface area (Å²) in [5, 5.41) is 11.4. The van der Waals surface area contributed by atoms with E-state index >= 15 is 0 Å². The predicted octanol–water partition coefficient (Wildman–Crippen LogP) is 1.25. The van der Waals surface area contributed by atoms with Crippen molar-refractivity contribution in [1.29, 1.82) is 0 Å². The van der Waals surface area contributed by atoms with E-state index in [-0.39, 0.29) is 30.0 Å². The zero-order valence-electron chi connectivity index (χ0n) is 14.5. The van der Waals surface area contributed by atoms with Crippen LogP contribution in [0.5, 0.6) is 0 Å². The molecule has 2 aliphatic rings. The van der Waals surface area contributed by atoms with Gasteiger partial charge in [-0.2, -0.15) is 16.9 Å². The van der Waals surface area contributed by atoms with E-state index in [9.17, 15) is 0 Å². The van der Waals surface area contributed by atoms with Crippen molar-refractivity contribution in [2.45, 2.75) is 32.4 Å². The molecule has 1 atom stereocenters. The summed E-state index contributed by atoms with van der Waals surface area (Å²) in [4.78, 5) is 11.4. The molecule has 2 N–H and O–H groups in total. The Kier molecular flexibility index (Phi) is 8.08. The Morgan fingerprint density at radius 3 is 2.88 bits per heavy atom. The number of aliphatic imine (C=N–C) groups is 1. The van der Waals surface area contributed by atoms with Gasteiger partial charge in [-0.1, -0.05) is 0 Å². The molecule has 0 amide bonds. The molecular weight excluding hydrogens is 437 g/mol. The van der Waals surface area contributed by atoms with Gasteiger partial charge in [0.2, 0.25) is 0 Å². The molecule has 3 rings (SSSR count). The van der Waals surface area contributed by atoms with Crippen LogP contribution in [0.2, 0.25) is 0 Å². The van der Waals surface area contributed by atoms with Gasteiger partial charge in [0.05, 0.1) is 6.04 Å². The molecule has 0 bridgehead atoms. The number of nitrogens with one attached hydrogen (secondary N) is 2. The summed E-state index contributed by atoms with van der Waals surface area (Å²) in [6.45, 7) is 7.30. The standard InChI is InChI=1S/C15H27N7S.HI/c1-12-18-14-13(4-3-6-22(14)20-12)19-15(16-2)17-5-7-21-8-10-23-11-9-21;/h13H,3-11H2,1-2H3,(H2,16,17,19);1H. The first-order chi connectivity index (χ1) is 11.3. The minimum absolute atomic E-state index is 0. The van der Waals surface area contributed by atoms with Gasteiger partial charge >= 0.3 is 0 Å². The van der Waals surface area contributed by atoms with E-state index in [4.69, 9.17) is 0 Å². The van der Waals surface area contributed by atoms with Crippen LogP contribution >= 0.6 is 35.7 Å². The van der Waals surface area contributed by atoms with E-state index in [1.54, 1.807) is 0 Å². The summed E-state index contributed by atoms with van der Waals surface area (Å²) in [6, 6.07) is 0.197. The van der Waals surface area contributed by atoms with Crippen LogP contribution < -0.4 is 10.6 Å². The highest BCUT2D eigenvalue weighted by atomic mass is 127. The van der Waals surface area contributed by atoms with E-state index in [2.05, 4.69) is 30.6 Å². The fourth-order valence-electron chi connectivity index (χ4n) is 3.12. The summed E-state index contributed by atoms with van der Waals surface area (Å²) >= 11 is 2.05. The molecule has 0 radical (unpaired) electrons. The molecule has 1 saturated heterocycles. The molecule has 1 aromatic heterocycles. The van der Waals surface area contributed by atoms with Crippen LogP contribution in [0, 0.1) is 6.92 Å². The monoisotopic (exact) mass is 465 g/mol. The molecule has 24 heavy (non-hydrogen) atoms. The van der Waals surface area contributed by atoms with Crippen molar-refractivity contribution < 1.29 is 0 Å². The lowest BCUT2D eigenvalue weighted by molar-refractivity contribution is 0.306. The molecule has 0 aromatic carbocycles. The van der Waals surface area contributed by atoms with Gasteiger partial charge in [-0.15, -0.1) is 24.0 Å². The molecule has 0 saturated carbocycles. The fraction of sp³-hybridized carbons (Fsp3) is 0.800. The predicted molar refractivity (Wildman–Crippen MR) is 110 cm³/mol. The molecule has 9 heteroatoms. The van der Waals surface area contributed by atoms with Gasteiger partial charge in [0, 0.05) is 51.3 Å². The van der Waals surface area contributed by atoms with Crippen LogP contribution in [0.1, 0.15) is 30.5 Å². The lowest BCUT2D eigenvalue weighted by Crippen LogP contribution is -2.45. The Balaban J connectivity index is 0.00000208. The van der Waals surface area contributed by atoms with Crippen molar-refractivity contribution in [2.75, 3.05) is 44.7 Å². The van der Waals surface area contributed by atoms with Crippen molar-refractivity contribution in [3.05, 3.63) is 11.6 Å². The zero-order valence-corrected chi connectivity index (χ0v) is 17.6. The number of hydrogen-bond donors (Lipinski definition) is 2. The third-order valence-corrected chi connectivity index (χ3v) is 5.28. The van der Waals surface area contributed by atoms with Crippen LogP contribution in [-0.2, 0) is 6.54 Å². The maximum absolute atomic E-state index is 4.57. The van der Waals surface area contributed by atoms with Gasteiger partial charge in [0.25, 0.3) is 0 Å². The van der Waals surface area contributed by atoms with Gasteiger partial charge in [-0.3, -0.25) is 9.89 Å². The smallest absolute Gasteiger partial charge is 0.191 e. The Morgan fingerprint density at radius 1 is 1.33 bits per heavy atom. The van der Waals surface area contributed by atoms with Crippen LogP contribution in [-0.4, -0.2) is 70.4 Å². The number of hydrogen-bond acceptors (Lipinski definition) is 5.